The molecule has 2 rings (SSSR count). The Morgan fingerprint density at radius 1 is 1.44 bits per heavy atom. The monoisotopic (exact) mass is 284 g/mol. The molecule has 5 heteroatoms. The quantitative estimate of drug-likeness (QED) is 0.920. The van der Waals surface area contributed by atoms with E-state index in [1.54, 1.807) is 17.4 Å². The number of aromatic nitrogens is 1. The van der Waals surface area contributed by atoms with Gasteiger partial charge in [-0.1, -0.05) is 18.5 Å². The van der Waals surface area contributed by atoms with Gasteiger partial charge in [-0.15, -0.1) is 11.3 Å². The van der Waals surface area contributed by atoms with Crippen molar-refractivity contribution in [2.24, 2.45) is 0 Å². The van der Waals surface area contributed by atoms with E-state index in [4.69, 9.17) is 11.6 Å². The Balaban J connectivity index is 2.40. The van der Waals surface area contributed by atoms with E-state index in [1.165, 1.54) is 12.1 Å². The van der Waals surface area contributed by atoms with E-state index in [1.807, 2.05) is 19.2 Å². The van der Waals surface area contributed by atoms with Crippen molar-refractivity contribution in [3.05, 3.63) is 50.7 Å². The summed E-state index contributed by atoms with van der Waals surface area (Å²) in [4.78, 5) is 4.46. The highest BCUT2D eigenvalue weighted by Gasteiger charge is 2.17. The van der Waals surface area contributed by atoms with Gasteiger partial charge < -0.3 is 5.32 Å². The third-order valence-corrected chi connectivity index (χ3v) is 3.76. The maximum Gasteiger partial charge on any atom is 0.125 e. The second kappa shape index (κ2) is 5.78. The highest BCUT2D eigenvalue weighted by atomic mass is 35.5. The molecule has 1 heterocycles. The van der Waals surface area contributed by atoms with Gasteiger partial charge in [0.25, 0.3) is 0 Å². The fraction of sp³-hybridized carbons (Fsp3) is 0.308. The van der Waals surface area contributed by atoms with E-state index >= 15 is 0 Å². The Labute approximate surface area is 115 Å². The lowest BCUT2D eigenvalue weighted by Gasteiger charge is -2.16. The molecule has 0 fully saturated rings. The van der Waals surface area contributed by atoms with Crippen LogP contribution in [-0.4, -0.2) is 11.5 Å². The fourth-order valence-electron chi connectivity index (χ4n) is 1.80. The number of aryl methyl sites for hydroxylation is 1. The molecule has 0 bridgehead atoms. The largest absolute Gasteiger partial charge is 0.305 e. The number of benzene rings is 1. The van der Waals surface area contributed by atoms with Crippen LogP contribution in [-0.2, 0) is 0 Å². The molecule has 0 amide bonds. The average molecular weight is 285 g/mol. The molecule has 1 unspecified atom stereocenters. The number of nitrogens with zero attached hydrogens (tertiary/aromatic N) is 1. The molecule has 0 aliphatic heterocycles. The van der Waals surface area contributed by atoms with Crippen molar-refractivity contribution in [2.45, 2.75) is 19.9 Å². The topological polar surface area (TPSA) is 24.9 Å². The minimum Gasteiger partial charge on any atom is -0.305 e. The summed E-state index contributed by atoms with van der Waals surface area (Å²) in [7, 11) is 0. The molecule has 1 aromatic heterocycles. The van der Waals surface area contributed by atoms with Crippen molar-refractivity contribution in [3.8, 4) is 0 Å². The number of rotatable bonds is 4. The Hall–Kier alpha value is -0.970. The second-order valence-corrected chi connectivity index (χ2v) is 5.35. The number of nitrogens with one attached hydrogen (secondary N) is 1. The third-order valence-electron chi connectivity index (χ3n) is 2.51. The van der Waals surface area contributed by atoms with Gasteiger partial charge in [-0.3, -0.25) is 0 Å². The molecule has 1 atom stereocenters. The first-order valence-electron chi connectivity index (χ1n) is 5.71. The van der Waals surface area contributed by atoms with Crippen LogP contribution in [0.15, 0.2) is 23.6 Å². The van der Waals surface area contributed by atoms with E-state index in [0.29, 0.717) is 5.02 Å². The molecule has 2 aromatic rings. The Morgan fingerprint density at radius 2 is 2.22 bits per heavy atom. The fourth-order valence-corrected chi connectivity index (χ4v) is 2.92. The maximum atomic E-state index is 13.4. The van der Waals surface area contributed by atoms with Crippen LogP contribution >= 0.6 is 22.9 Å². The van der Waals surface area contributed by atoms with Gasteiger partial charge in [-0.2, -0.15) is 0 Å². The lowest BCUT2D eigenvalue weighted by Crippen LogP contribution is -2.22. The molecule has 0 radical (unpaired) electrons. The first kappa shape index (κ1) is 13.5. The van der Waals surface area contributed by atoms with Crippen LogP contribution in [0.1, 0.15) is 29.2 Å². The van der Waals surface area contributed by atoms with Crippen molar-refractivity contribution in [2.75, 3.05) is 6.54 Å². The summed E-state index contributed by atoms with van der Waals surface area (Å²) < 4.78 is 13.4. The van der Waals surface area contributed by atoms with Crippen molar-refractivity contribution in [3.63, 3.8) is 0 Å². The smallest absolute Gasteiger partial charge is 0.125 e. The van der Waals surface area contributed by atoms with E-state index in [9.17, 15) is 4.39 Å². The average Bonchev–Trinajstić information content (AvgIpc) is 2.71. The zero-order valence-corrected chi connectivity index (χ0v) is 11.8. The number of hydrogen-bond acceptors (Lipinski definition) is 3. The first-order valence-corrected chi connectivity index (χ1v) is 6.97. The van der Waals surface area contributed by atoms with Crippen LogP contribution in [0.3, 0.4) is 0 Å². The minimum atomic E-state index is -0.325. The van der Waals surface area contributed by atoms with Crippen LogP contribution in [0.2, 0.25) is 5.02 Å². The van der Waals surface area contributed by atoms with Crippen LogP contribution in [0.4, 0.5) is 4.39 Å². The zero-order chi connectivity index (χ0) is 13.1. The second-order valence-electron chi connectivity index (χ2n) is 4.02. The molecular formula is C13H14ClFN2S. The van der Waals surface area contributed by atoms with Gasteiger partial charge in [-0.05, 0) is 37.2 Å². The van der Waals surface area contributed by atoms with Gasteiger partial charge in [-0.25, -0.2) is 9.37 Å². The molecule has 1 aromatic carbocycles. The summed E-state index contributed by atoms with van der Waals surface area (Å²) in [6, 6.07) is 4.47. The van der Waals surface area contributed by atoms with E-state index in [-0.39, 0.29) is 11.9 Å². The molecule has 1 N–H and O–H groups in total. The molecule has 18 heavy (non-hydrogen) atoms. The molecule has 0 aliphatic carbocycles. The number of halogens is 2. The van der Waals surface area contributed by atoms with Crippen molar-refractivity contribution >= 4 is 22.9 Å². The van der Waals surface area contributed by atoms with Gasteiger partial charge in [0.05, 0.1) is 6.04 Å². The predicted octanol–water partition coefficient (Wildman–Crippen LogP) is 3.94. The molecule has 96 valence electrons. The van der Waals surface area contributed by atoms with Gasteiger partial charge in [0.2, 0.25) is 0 Å². The van der Waals surface area contributed by atoms with Crippen molar-refractivity contribution < 1.29 is 4.39 Å². The molecular weight excluding hydrogens is 271 g/mol. The number of hydrogen-bond donors (Lipinski definition) is 1. The first-order chi connectivity index (χ1) is 8.60. The summed E-state index contributed by atoms with van der Waals surface area (Å²) in [5.74, 6) is -0.325. The Morgan fingerprint density at radius 3 is 2.78 bits per heavy atom. The standard InChI is InChI=1S/C13H14ClFN2S/c1-3-16-12(13-17-8(2)7-18-13)9-4-10(14)6-11(15)5-9/h4-7,12,16H,3H2,1-2H3. The van der Waals surface area contributed by atoms with Gasteiger partial charge in [0.15, 0.2) is 0 Å². The van der Waals surface area contributed by atoms with Crippen molar-refractivity contribution in [1.29, 1.82) is 0 Å². The van der Waals surface area contributed by atoms with Gasteiger partial charge in [0, 0.05) is 16.1 Å². The molecule has 0 aliphatic rings. The van der Waals surface area contributed by atoms with Crippen LogP contribution in [0, 0.1) is 12.7 Å². The lowest BCUT2D eigenvalue weighted by molar-refractivity contribution is 0.601. The summed E-state index contributed by atoms with van der Waals surface area (Å²) in [6.45, 7) is 4.73. The minimum absolute atomic E-state index is 0.109. The highest BCUT2D eigenvalue weighted by molar-refractivity contribution is 7.09. The predicted molar refractivity (Wildman–Crippen MR) is 73.8 cm³/mol. The molecule has 2 nitrogen and oxygen atoms in total. The summed E-state index contributed by atoms with van der Waals surface area (Å²) in [5, 5.41) is 6.62. The summed E-state index contributed by atoms with van der Waals surface area (Å²) >= 11 is 7.47. The van der Waals surface area contributed by atoms with E-state index < -0.39 is 0 Å². The maximum absolute atomic E-state index is 13.4. The van der Waals surface area contributed by atoms with Crippen LogP contribution < -0.4 is 5.32 Å². The van der Waals surface area contributed by atoms with E-state index in [2.05, 4.69) is 10.3 Å². The molecule has 0 spiro atoms. The zero-order valence-electron chi connectivity index (χ0n) is 10.2. The third kappa shape index (κ3) is 3.07. The Bertz CT molecular complexity index is 521. The van der Waals surface area contributed by atoms with E-state index in [0.717, 1.165) is 22.8 Å². The molecule has 0 saturated carbocycles. The highest BCUT2D eigenvalue weighted by Crippen LogP contribution is 2.27. The summed E-state index contributed by atoms with van der Waals surface area (Å²) in [5.41, 5.74) is 1.77. The summed E-state index contributed by atoms with van der Waals surface area (Å²) in [6.07, 6.45) is 0. The molecule has 0 saturated heterocycles. The SMILES string of the molecule is CCNC(c1cc(F)cc(Cl)c1)c1nc(C)cs1. The van der Waals surface area contributed by atoms with Gasteiger partial charge in [0.1, 0.15) is 10.8 Å². The lowest BCUT2D eigenvalue weighted by atomic mass is 10.1. The van der Waals surface area contributed by atoms with Gasteiger partial charge >= 0.3 is 0 Å². The normalized spacial score (nSPS) is 12.7. The van der Waals surface area contributed by atoms with Crippen molar-refractivity contribution in [1.82, 2.24) is 10.3 Å². The number of thiazole rings is 1. The Kier molecular flexibility index (Phi) is 4.32. The van der Waals surface area contributed by atoms with Crippen LogP contribution in [0.5, 0.6) is 0 Å². The van der Waals surface area contributed by atoms with Crippen LogP contribution in [0.25, 0.3) is 0 Å².